The second-order valence-corrected chi connectivity index (χ2v) is 13.3. The summed E-state index contributed by atoms with van der Waals surface area (Å²) in [5, 5.41) is 34.6. The molecule has 274 valence electrons. The molecule has 3 atom stereocenters. The molecule has 13 heteroatoms. The summed E-state index contributed by atoms with van der Waals surface area (Å²) in [4.78, 5) is 41.6. The summed E-state index contributed by atoms with van der Waals surface area (Å²) < 4.78 is 17.9. The lowest BCUT2D eigenvalue weighted by Gasteiger charge is -2.38. The number of aromatic nitrogens is 1. The summed E-state index contributed by atoms with van der Waals surface area (Å²) in [6.45, 7) is 6.75. The Morgan fingerprint density at radius 2 is 1.81 bits per heavy atom. The van der Waals surface area contributed by atoms with Crippen LogP contribution in [0, 0.1) is 27.9 Å². The summed E-state index contributed by atoms with van der Waals surface area (Å²) in [7, 11) is 1.49. The molecule has 0 radical (unpaired) electrons. The Hall–Kier alpha value is -5.69. The van der Waals surface area contributed by atoms with Gasteiger partial charge in [-0.05, 0) is 60.6 Å². The molecule has 1 aliphatic rings. The number of carboxylic acids is 1. The lowest BCUT2D eigenvalue weighted by molar-refractivity contribution is -0.384. The summed E-state index contributed by atoms with van der Waals surface area (Å²) >= 11 is 0. The molecule has 0 saturated heterocycles. The molecule has 1 fully saturated rings. The van der Waals surface area contributed by atoms with Gasteiger partial charge >= 0.3 is 5.97 Å². The van der Waals surface area contributed by atoms with Crippen molar-refractivity contribution in [2.45, 2.75) is 59.2 Å². The van der Waals surface area contributed by atoms with Crippen LogP contribution in [0.4, 0.5) is 17.1 Å². The highest BCUT2D eigenvalue weighted by Crippen LogP contribution is 2.38. The standard InChI is InChI=1S/C39H44N4O9/c1-24(2)37-25(3)8-5-12-33(37)51-23-35(45)41-29-10-7-11-30(19-29)42(22-28-18-31(43(48)49)15-16-32(28)44)21-27-9-6-13-34(50-4)38(27)52-36-17-14-26(20-40-36)39(46)47/h6-7,9-11,13-20,24-25,33,37,44H,5,8,12,21-23H2,1-4H3,(H,41,45)(H,46,47). The van der Waals surface area contributed by atoms with Crippen LogP contribution in [0.1, 0.15) is 61.5 Å². The van der Waals surface area contributed by atoms with Crippen LogP contribution in [-0.4, -0.2) is 51.8 Å². The number of methoxy groups -OCH3 is 1. The smallest absolute Gasteiger partial charge is 0.337 e. The van der Waals surface area contributed by atoms with Gasteiger partial charge in [-0.2, -0.15) is 0 Å². The van der Waals surface area contributed by atoms with Gasteiger partial charge in [-0.3, -0.25) is 14.9 Å². The van der Waals surface area contributed by atoms with E-state index >= 15 is 0 Å². The van der Waals surface area contributed by atoms with E-state index in [1.165, 1.54) is 43.6 Å². The Labute approximate surface area is 302 Å². The van der Waals surface area contributed by atoms with Crippen LogP contribution in [-0.2, 0) is 22.6 Å². The number of pyridine rings is 1. The minimum Gasteiger partial charge on any atom is -0.508 e. The van der Waals surface area contributed by atoms with E-state index in [1.807, 2.05) is 17.0 Å². The molecule has 1 heterocycles. The maximum Gasteiger partial charge on any atom is 0.337 e. The third kappa shape index (κ3) is 9.34. The van der Waals surface area contributed by atoms with Crippen molar-refractivity contribution in [3.63, 3.8) is 0 Å². The SMILES string of the molecule is COc1cccc(CN(Cc2cc([N+](=O)[O-])ccc2O)c2cccc(NC(=O)COC3CCCC(C)C3C(C)C)c2)c1Oc1ccc(C(=O)O)cn1. The molecule has 3 unspecified atom stereocenters. The van der Waals surface area contributed by atoms with E-state index < -0.39 is 10.9 Å². The first-order valence-electron chi connectivity index (χ1n) is 17.2. The van der Waals surface area contributed by atoms with Crippen LogP contribution in [0.2, 0.25) is 0 Å². The number of carboxylic acid groups (broad SMARTS) is 1. The first kappa shape index (κ1) is 37.6. The molecule has 3 N–H and O–H groups in total. The van der Waals surface area contributed by atoms with Gasteiger partial charge in [0.2, 0.25) is 11.8 Å². The van der Waals surface area contributed by atoms with Gasteiger partial charge in [0, 0.05) is 60.0 Å². The highest BCUT2D eigenvalue weighted by molar-refractivity contribution is 5.92. The summed E-state index contributed by atoms with van der Waals surface area (Å²) in [5.74, 6) is 0.646. The number of phenols is 1. The van der Waals surface area contributed by atoms with Crippen LogP contribution < -0.4 is 19.7 Å². The van der Waals surface area contributed by atoms with Gasteiger partial charge in [0.25, 0.3) is 5.69 Å². The first-order valence-corrected chi connectivity index (χ1v) is 17.2. The molecule has 0 aliphatic heterocycles. The topological polar surface area (TPSA) is 174 Å². The van der Waals surface area contributed by atoms with Crippen molar-refractivity contribution in [1.82, 2.24) is 4.98 Å². The zero-order chi connectivity index (χ0) is 37.4. The highest BCUT2D eigenvalue weighted by Gasteiger charge is 2.34. The van der Waals surface area contributed by atoms with Crippen molar-refractivity contribution in [3.05, 3.63) is 106 Å². The number of aromatic hydroxyl groups is 1. The van der Waals surface area contributed by atoms with E-state index in [9.17, 15) is 29.9 Å². The van der Waals surface area contributed by atoms with Gasteiger partial charge in [0.1, 0.15) is 12.4 Å². The Bertz CT molecular complexity index is 1880. The van der Waals surface area contributed by atoms with Crippen molar-refractivity contribution >= 4 is 28.9 Å². The molecule has 5 rings (SSSR count). The molecule has 0 bridgehead atoms. The number of amides is 1. The predicted molar refractivity (Wildman–Crippen MR) is 195 cm³/mol. The van der Waals surface area contributed by atoms with Crippen LogP contribution in [0.25, 0.3) is 0 Å². The fraction of sp³-hybridized carbons (Fsp3) is 0.359. The lowest BCUT2D eigenvalue weighted by Crippen LogP contribution is -2.38. The van der Waals surface area contributed by atoms with Crippen molar-refractivity contribution in [2.24, 2.45) is 17.8 Å². The number of phenolic OH excluding ortho intramolecular Hbond substituents is 1. The van der Waals surface area contributed by atoms with E-state index in [2.05, 4.69) is 31.1 Å². The van der Waals surface area contributed by atoms with Crippen molar-refractivity contribution < 1.29 is 38.9 Å². The number of nitro groups is 1. The molecule has 52 heavy (non-hydrogen) atoms. The largest absolute Gasteiger partial charge is 0.508 e. The Morgan fingerprint density at radius 3 is 2.50 bits per heavy atom. The molecule has 4 aromatic rings. The number of nitrogens with zero attached hydrogens (tertiary/aromatic N) is 3. The van der Waals surface area contributed by atoms with Crippen LogP contribution >= 0.6 is 0 Å². The number of carbonyl (C=O) groups is 2. The van der Waals surface area contributed by atoms with E-state index in [0.717, 1.165) is 19.3 Å². The third-order valence-corrected chi connectivity index (χ3v) is 9.39. The number of benzene rings is 3. The monoisotopic (exact) mass is 712 g/mol. The lowest BCUT2D eigenvalue weighted by atomic mass is 9.72. The highest BCUT2D eigenvalue weighted by atomic mass is 16.6. The molecule has 3 aromatic carbocycles. The number of ether oxygens (including phenoxy) is 3. The Balaban J connectivity index is 1.43. The molecular formula is C39H44N4O9. The number of non-ortho nitro benzene ring substituents is 1. The molecule has 1 saturated carbocycles. The molecule has 0 spiro atoms. The first-order chi connectivity index (χ1) is 24.9. The number of aromatic carboxylic acids is 1. The normalized spacial score (nSPS) is 17.0. The number of para-hydroxylation sites is 1. The Morgan fingerprint density at radius 1 is 1.04 bits per heavy atom. The molecule has 13 nitrogen and oxygen atoms in total. The van der Waals surface area contributed by atoms with Crippen LogP contribution in [0.3, 0.4) is 0 Å². The van der Waals surface area contributed by atoms with Crippen molar-refractivity contribution in [2.75, 3.05) is 23.9 Å². The van der Waals surface area contributed by atoms with Crippen LogP contribution in [0.5, 0.6) is 23.1 Å². The fourth-order valence-corrected chi connectivity index (χ4v) is 6.93. The zero-order valence-electron chi connectivity index (χ0n) is 29.7. The number of hydrogen-bond donors (Lipinski definition) is 3. The third-order valence-electron chi connectivity index (χ3n) is 9.39. The minimum atomic E-state index is -1.12. The van der Waals surface area contributed by atoms with E-state index in [0.29, 0.717) is 51.8 Å². The van der Waals surface area contributed by atoms with E-state index in [1.54, 1.807) is 30.3 Å². The van der Waals surface area contributed by atoms with Crippen LogP contribution in [0.15, 0.2) is 79.0 Å². The number of carbonyl (C=O) groups excluding carboxylic acids is 1. The number of hydrogen-bond acceptors (Lipinski definition) is 10. The van der Waals surface area contributed by atoms with Gasteiger partial charge in [-0.25, -0.2) is 9.78 Å². The molecular weight excluding hydrogens is 668 g/mol. The van der Waals surface area contributed by atoms with Crippen molar-refractivity contribution in [1.29, 1.82) is 0 Å². The number of rotatable bonds is 15. The fourth-order valence-electron chi connectivity index (χ4n) is 6.93. The molecule has 1 aromatic heterocycles. The molecule has 1 aliphatic carbocycles. The van der Waals surface area contributed by atoms with Crippen molar-refractivity contribution in [3.8, 4) is 23.1 Å². The van der Waals surface area contributed by atoms with Gasteiger partial charge in [-0.15, -0.1) is 0 Å². The maximum absolute atomic E-state index is 13.2. The number of nitro benzene ring substituents is 1. The minimum absolute atomic E-state index is 0.00240. The molecule has 1 amide bonds. The van der Waals surface area contributed by atoms with Gasteiger partial charge in [-0.1, -0.05) is 51.8 Å². The Kier molecular flexibility index (Phi) is 12.3. The zero-order valence-corrected chi connectivity index (χ0v) is 29.7. The second-order valence-electron chi connectivity index (χ2n) is 13.3. The summed E-state index contributed by atoms with van der Waals surface area (Å²) in [5.41, 5.74) is 1.89. The average molecular weight is 713 g/mol. The summed E-state index contributed by atoms with van der Waals surface area (Å²) in [6, 6.07) is 19.1. The maximum atomic E-state index is 13.2. The summed E-state index contributed by atoms with van der Waals surface area (Å²) in [6.07, 6.45) is 4.36. The average Bonchev–Trinajstić information content (AvgIpc) is 3.12. The van der Waals surface area contributed by atoms with E-state index in [-0.39, 0.29) is 54.6 Å². The second kappa shape index (κ2) is 17.0. The van der Waals surface area contributed by atoms with Gasteiger partial charge in [0.15, 0.2) is 11.5 Å². The van der Waals surface area contributed by atoms with Gasteiger partial charge in [0.05, 0.1) is 23.7 Å². The van der Waals surface area contributed by atoms with Gasteiger partial charge < -0.3 is 34.6 Å². The predicted octanol–water partition coefficient (Wildman–Crippen LogP) is 7.82. The number of nitrogens with one attached hydrogen (secondary N) is 1. The number of anilines is 2. The van der Waals surface area contributed by atoms with E-state index in [4.69, 9.17) is 14.2 Å². The quantitative estimate of drug-likeness (QED) is 0.0810.